The Hall–Kier alpha value is -2.53. The summed E-state index contributed by atoms with van der Waals surface area (Å²) >= 11 is 1.63. The molecule has 0 radical (unpaired) electrons. The van der Waals surface area contributed by atoms with E-state index in [0.29, 0.717) is 11.5 Å². The predicted octanol–water partition coefficient (Wildman–Crippen LogP) is 5.07. The van der Waals surface area contributed by atoms with Gasteiger partial charge in [0.25, 0.3) is 0 Å². The third-order valence-electron chi connectivity index (χ3n) is 6.24. The van der Waals surface area contributed by atoms with Gasteiger partial charge in [-0.15, -0.1) is 11.8 Å². The molecule has 0 spiro atoms. The highest BCUT2D eigenvalue weighted by Gasteiger charge is 2.28. The average molecular weight is 479 g/mol. The van der Waals surface area contributed by atoms with Crippen LogP contribution in [0.1, 0.15) is 49.9 Å². The standard InChI is InChI=1S/C27H34N4O2S/c1-17(2)11-22-23(12-28)27(34-10-9-20-13-29-25-8-6-5-7-21(20)25)30-26(24(22)16-32)31-14-18(3)33-19(4)15-31/h5-8,13,17-19,29,32H,9-11,14-16H2,1-4H3. The van der Waals surface area contributed by atoms with Crippen molar-refractivity contribution in [2.24, 2.45) is 5.92 Å². The fourth-order valence-corrected chi connectivity index (χ4v) is 5.84. The zero-order valence-electron chi connectivity index (χ0n) is 20.5. The number of aliphatic hydroxyl groups excluding tert-OH is 1. The van der Waals surface area contributed by atoms with E-state index < -0.39 is 0 Å². The highest BCUT2D eigenvalue weighted by molar-refractivity contribution is 7.99. The zero-order chi connectivity index (χ0) is 24.2. The molecule has 2 unspecified atom stereocenters. The number of nitrogens with one attached hydrogen (secondary N) is 1. The molecule has 3 heterocycles. The van der Waals surface area contributed by atoms with Crippen molar-refractivity contribution in [1.82, 2.24) is 9.97 Å². The Morgan fingerprint density at radius 2 is 1.97 bits per heavy atom. The van der Waals surface area contributed by atoms with Gasteiger partial charge in [-0.1, -0.05) is 32.0 Å². The quantitative estimate of drug-likeness (QED) is 0.440. The summed E-state index contributed by atoms with van der Waals surface area (Å²) in [5.74, 6) is 1.98. The summed E-state index contributed by atoms with van der Waals surface area (Å²) in [5, 5.41) is 22.5. The lowest BCUT2D eigenvalue weighted by molar-refractivity contribution is -0.00561. The van der Waals surface area contributed by atoms with Crippen LogP contribution < -0.4 is 4.90 Å². The zero-order valence-corrected chi connectivity index (χ0v) is 21.3. The lowest BCUT2D eigenvalue weighted by Crippen LogP contribution is -2.46. The number of ether oxygens (including phenoxy) is 1. The predicted molar refractivity (Wildman–Crippen MR) is 138 cm³/mol. The first-order valence-corrected chi connectivity index (χ1v) is 13.0. The first-order chi connectivity index (χ1) is 16.4. The lowest BCUT2D eigenvalue weighted by atomic mass is 9.94. The van der Waals surface area contributed by atoms with E-state index in [4.69, 9.17) is 9.72 Å². The first-order valence-electron chi connectivity index (χ1n) is 12.1. The molecule has 1 saturated heterocycles. The highest BCUT2D eigenvalue weighted by Crippen LogP contribution is 2.35. The number of aryl methyl sites for hydroxylation is 1. The fraction of sp³-hybridized carbons (Fsp3) is 0.481. The number of hydrogen-bond donors (Lipinski definition) is 2. The van der Waals surface area contributed by atoms with Gasteiger partial charge in [0.2, 0.25) is 0 Å². The summed E-state index contributed by atoms with van der Waals surface area (Å²) in [5.41, 5.74) is 4.74. The molecule has 6 nitrogen and oxygen atoms in total. The normalized spacial score (nSPS) is 18.6. The summed E-state index contributed by atoms with van der Waals surface area (Å²) < 4.78 is 5.93. The van der Waals surface area contributed by atoms with E-state index >= 15 is 0 Å². The van der Waals surface area contributed by atoms with Crippen LogP contribution in [0.4, 0.5) is 5.82 Å². The van der Waals surface area contributed by atoms with Gasteiger partial charge in [0.05, 0.1) is 24.4 Å². The number of hydrogen-bond acceptors (Lipinski definition) is 6. The van der Waals surface area contributed by atoms with Gasteiger partial charge in [0.15, 0.2) is 0 Å². The summed E-state index contributed by atoms with van der Waals surface area (Å²) in [7, 11) is 0. The molecule has 3 aromatic rings. The van der Waals surface area contributed by atoms with Crippen LogP contribution in [0.3, 0.4) is 0 Å². The molecule has 0 amide bonds. The first kappa shape index (κ1) is 24.6. The Labute approximate surface area is 206 Å². The van der Waals surface area contributed by atoms with E-state index in [1.807, 2.05) is 6.07 Å². The largest absolute Gasteiger partial charge is 0.392 e. The summed E-state index contributed by atoms with van der Waals surface area (Å²) in [4.78, 5) is 10.6. The van der Waals surface area contributed by atoms with Gasteiger partial charge in [-0.2, -0.15) is 5.26 Å². The van der Waals surface area contributed by atoms with Crippen LogP contribution in [0.2, 0.25) is 0 Å². The van der Waals surface area contributed by atoms with Gasteiger partial charge in [0.1, 0.15) is 16.9 Å². The van der Waals surface area contributed by atoms with Crippen molar-refractivity contribution in [3.05, 3.63) is 52.7 Å². The van der Waals surface area contributed by atoms with Crippen LogP contribution in [-0.2, 0) is 24.2 Å². The number of pyridine rings is 1. The molecule has 0 saturated carbocycles. The van der Waals surface area contributed by atoms with E-state index in [2.05, 4.69) is 68.0 Å². The molecule has 7 heteroatoms. The number of nitrogens with zero attached hydrogens (tertiary/aromatic N) is 3. The number of fused-ring (bicyclic) bond motifs is 1. The number of nitriles is 1. The van der Waals surface area contributed by atoms with Crippen molar-refractivity contribution < 1.29 is 9.84 Å². The molecule has 1 aromatic carbocycles. The van der Waals surface area contributed by atoms with Crippen LogP contribution in [0.5, 0.6) is 0 Å². The maximum absolute atomic E-state index is 10.4. The lowest BCUT2D eigenvalue weighted by Gasteiger charge is -2.37. The van der Waals surface area contributed by atoms with Crippen molar-refractivity contribution in [2.45, 2.75) is 64.4 Å². The molecule has 1 aliphatic rings. The van der Waals surface area contributed by atoms with Gasteiger partial charge in [-0.3, -0.25) is 0 Å². The molecule has 0 aliphatic carbocycles. The molecule has 1 aliphatic heterocycles. The van der Waals surface area contributed by atoms with E-state index in [9.17, 15) is 10.4 Å². The second kappa shape index (κ2) is 10.8. The molecule has 2 aromatic heterocycles. The van der Waals surface area contributed by atoms with Gasteiger partial charge >= 0.3 is 0 Å². The second-order valence-electron chi connectivity index (χ2n) is 9.56. The van der Waals surface area contributed by atoms with Crippen LogP contribution >= 0.6 is 11.8 Å². The van der Waals surface area contributed by atoms with Crippen molar-refractivity contribution in [1.29, 1.82) is 5.26 Å². The molecule has 34 heavy (non-hydrogen) atoms. The number of aromatic amines is 1. The Kier molecular flexibility index (Phi) is 7.82. The number of aliphatic hydroxyl groups is 1. The minimum absolute atomic E-state index is 0.0826. The minimum atomic E-state index is -0.126. The van der Waals surface area contributed by atoms with Gasteiger partial charge in [-0.25, -0.2) is 4.98 Å². The summed E-state index contributed by atoms with van der Waals surface area (Å²) in [6.07, 6.45) is 3.85. The van der Waals surface area contributed by atoms with E-state index in [1.54, 1.807) is 11.8 Å². The fourth-order valence-electron chi connectivity index (χ4n) is 4.86. The SMILES string of the molecule is CC(C)Cc1c(C#N)c(SCCc2c[nH]c3ccccc23)nc(N2CC(C)OC(C)C2)c1CO. The van der Waals surface area contributed by atoms with Crippen LogP contribution in [0.15, 0.2) is 35.5 Å². The maximum Gasteiger partial charge on any atom is 0.135 e. The van der Waals surface area contributed by atoms with Crippen LogP contribution in [0, 0.1) is 17.2 Å². The number of morpholine rings is 1. The van der Waals surface area contributed by atoms with Crippen molar-refractivity contribution in [2.75, 3.05) is 23.7 Å². The number of anilines is 1. The van der Waals surface area contributed by atoms with Crippen LogP contribution in [0.25, 0.3) is 10.9 Å². The summed E-state index contributed by atoms with van der Waals surface area (Å²) in [6, 6.07) is 10.7. The highest BCUT2D eigenvalue weighted by atomic mass is 32.2. The average Bonchev–Trinajstić information content (AvgIpc) is 3.21. The van der Waals surface area contributed by atoms with E-state index in [0.717, 1.165) is 59.2 Å². The monoisotopic (exact) mass is 478 g/mol. The van der Waals surface area contributed by atoms with Crippen molar-refractivity contribution >= 4 is 28.5 Å². The Morgan fingerprint density at radius 1 is 1.24 bits per heavy atom. The minimum Gasteiger partial charge on any atom is -0.392 e. The van der Waals surface area contributed by atoms with E-state index in [-0.39, 0.29) is 18.8 Å². The smallest absolute Gasteiger partial charge is 0.135 e. The molecule has 4 rings (SSSR count). The third-order valence-corrected chi connectivity index (χ3v) is 7.22. The number of thioether (sulfide) groups is 1. The van der Waals surface area contributed by atoms with E-state index in [1.165, 1.54) is 10.9 Å². The molecular weight excluding hydrogens is 444 g/mol. The second-order valence-corrected chi connectivity index (χ2v) is 10.6. The van der Waals surface area contributed by atoms with Crippen molar-refractivity contribution in [3.8, 4) is 6.07 Å². The Balaban J connectivity index is 1.67. The van der Waals surface area contributed by atoms with Gasteiger partial charge in [0, 0.05) is 41.5 Å². The number of para-hydroxylation sites is 1. The molecule has 180 valence electrons. The molecule has 0 bridgehead atoms. The maximum atomic E-state index is 10.4. The topological polar surface area (TPSA) is 85.2 Å². The van der Waals surface area contributed by atoms with Gasteiger partial charge in [-0.05, 0) is 49.8 Å². The number of rotatable bonds is 8. The molecule has 1 fully saturated rings. The number of benzene rings is 1. The third kappa shape index (κ3) is 5.25. The number of aromatic nitrogens is 2. The van der Waals surface area contributed by atoms with Crippen molar-refractivity contribution in [3.63, 3.8) is 0 Å². The van der Waals surface area contributed by atoms with Gasteiger partial charge < -0.3 is 19.7 Å². The Bertz CT molecular complexity index is 1170. The molecule has 2 N–H and O–H groups in total. The number of H-pyrrole nitrogens is 1. The Morgan fingerprint density at radius 3 is 2.65 bits per heavy atom. The molecule has 2 atom stereocenters. The van der Waals surface area contributed by atoms with Crippen LogP contribution in [-0.4, -0.2) is 46.1 Å². The summed E-state index contributed by atoms with van der Waals surface area (Å²) in [6.45, 7) is 9.73. The molecular formula is C27H34N4O2S.